The van der Waals surface area contributed by atoms with Crippen molar-refractivity contribution in [1.82, 2.24) is 10.6 Å². The van der Waals surface area contributed by atoms with E-state index in [-0.39, 0.29) is 11.6 Å². The van der Waals surface area contributed by atoms with Gasteiger partial charge in [-0.05, 0) is 59.4 Å². The molecule has 0 aromatic carbocycles. The number of carbonyl (C=O) groups excluding carboxylic acids is 1. The zero-order chi connectivity index (χ0) is 14.6. The van der Waals surface area contributed by atoms with Crippen molar-refractivity contribution in [3.63, 3.8) is 0 Å². The van der Waals surface area contributed by atoms with E-state index in [4.69, 9.17) is 4.74 Å². The maximum absolute atomic E-state index is 12.2. The Kier molecular flexibility index (Phi) is 4.95. The Balaban J connectivity index is 1.96. The van der Waals surface area contributed by atoms with E-state index in [2.05, 4.69) is 10.6 Å². The monoisotopic (exact) mass is 282 g/mol. The van der Waals surface area contributed by atoms with Gasteiger partial charge in [0.05, 0.1) is 0 Å². The van der Waals surface area contributed by atoms with Crippen LogP contribution in [0.15, 0.2) is 0 Å². The van der Waals surface area contributed by atoms with E-state index >= 15 is 0 Å². The maximum Gasteiger partial charge on any atom is 0.408 e. The highest BCUT2D eigenvalue weighted by atomic mass is 16.6. The molecule has 0 spiro atoms. The topological polar surface area (TPSA) is 50.4 Å². The zero-order valence-corrected chi connectivity index (χ0v) is 13.3. The van der Waals surface area contributed by atoms with Gasteiger partial charge in [-0.25, -0.2) is 4.79 Å². The molecule has 2 aliphatic rings. The average Bonchev–Trinajstić information content (AvgIpc) is 2.79. The maximum atomic E-state index is 12.2. The standard InChI is InChI=1S/C16H30N2O2/c1-15(2,3)20-14(19)18-16(9-5-4-6-10-16)12-13-8-7-11-17-13/h13,17H,4-12H2,1-3H3,(H,18,19). The van der Waals surface area contributed by atoms with Crippen molar-refractivity contribution in [3.8, 4) is 0 Å². The fraction of sp³-hybridized carbons (Fsp3) is 0.938. The van der Waals surface area contributed by atoms with Gasteiger partial charge in [0.2, 0.25) is 0 Å². The molecular formula is C16H30N2O2. The summed E-state index contributed by atoms with van der Waals surface area (Å²) in [5.41, 5.74) is -0.478. The molecule has 1 atom stereocenters. The molecule has 1 aliphatic heterocycles. The van der Waals surface area contributed by atoms with E-state index in [0.29, 0.717) is 6.04 Å². The Bertz CT molecular complexity index is 324. The van der Waals surface area contributed by atoms with Gasteiger partial charge in [-0.1, -0.05) is 19.3 Å². The van der Waals surface area contributed by atoms with Crippen LogP contribution in [0.1, 0.15) is 72.1 Å². The Hall–Kier alpha value is -0.770. The second kappa shape index (κ2) is 6.33. The van der Waals surface area contributed by atoms with Crippen molar-refractivity contribution in [2.45, 2.75) is 89.3 Å². The molecule has 4 nitrogen and oxygen atoms in total. The van der Waals surface area contributed by atoms with Crippen molar-refractivity contribution < 1.29 is 9.53 Å². The normalized spacial score (nSPS) is 26.2. The predicted molar refractivity (Wildman–Crippen MR) is 80.8 cm³/mol. The van der Waals surface area contributed by atoms with Crippen LogP contribution in [0.4, 0.5) is 4.79 Å². The number of amides is 1. The summed E-state index contributed by atoms with van der Waals surface area (Å²) in [6, 6.07) is 0.558. The van der Waals surface area contributed by atoms with Crippen LogP contribution in [-0.4, -0.2) is 29.8 Å². The summed E-state index contributed by atoms with van der Waals surface area (Å²) in [5.74, 6) is 0. The number of rotatable bonds is 3. The molecule has 1 heterocycles. The van der Waals surface area contributed by atoms with E-state index in [9.17, 15) is 4.79 Å². The van der Waals surface area contributed by atoms with Crippen LogP contribution >= 0.6 is 0 Å². The van der Waals surface area contributed by atoms with Gasteiger partial charge in [0.1, 0.15) is 5.60 Å². The molecule has 0 aromatic heterocycles. The molecule has 1 unspecified atom stereocenters. The first-order valence-corrected chi connectivity index (χ1v) is 8.13. The molecule has 2 N–H and O–H groups in total. The minimum Gasteiger partial charge on any atom is -0.444 e. The summed E-state index contributed by atoms with van der Waals surface area (Å²) >= 11 is 0. The van der Waals surface area contributed by atoms with Crippen molar-refractivity contribution in [1.29, 1.82) is 0 Å². The molecule has 4 heteroatoms. The molecule has 2 fully saturated rings. The van der Waals surface area contributed by atoms with Gasteiger partial charge in [0.25, 0.3) is 0 Å². The molecule has 1 amide bonds. The van der Waals surface area contributed by atoms with E-state index in [1.165, 1.54) is 32.1 Å². The first-order chi connectivity index (χ1) is 9.39. The van der Waals surface area contributed by atoms with Crippen LogP contribution < -0.4 is 10.6 Å². The Morgan fingerprint density at radius 1 is 1.25 bits per heavy atom. The zero-order valence-electron chi connectivity index (χ0n) is 13.3. The molecule has 2 rings (SSSR count). The second-order valence-corrected chi connectivity index (χ2v) is 7.47. The van der Waals surface area contributed by atoms with Crippen LogP contribution in [0.3, 0.4) is 0 Å². The molecule has 1 aliphatic carbocycles. The molecule has 20 heavy (non-hydrogen) atoms. The summed E-state index contributed by atoms with van der Waals surface area (Å²) in [7, 11) is 0. The lowest BCUT2D eigenvalue weighted by Gasteiger charge is -2.40. The minimum absolute atomic E-state index is 0.0530. The lowest BCUT2D eigenvalue weighted by Crippen LogP contribution is -2.53. The number of alkyl carbamates (subject to hydrolysis) is 1. The molecule has 1 saturated heterocycles. The minimum atomic E-state index is -0.425. The average molecular weight is 282 g/mol. The van der Waals surface area contributed by atoms with E-state index in [0.717, 1.165) is 25.8 Å². The Labute approximate surface area is 123 Å². The first kappa shape index (κ1) is 15.6. The highest BCUT2D eigenvalue weighted by Gasteiger charge is 2.37. The van der Waals surface area contributed by atoms with Crippen molar-refractivity contribution >= 4 is 6.09 Å². The third-order valence-electron chi connectivity index (χ3n) is 4.38. The third kappa shape index (κ3) is 4.65. The quantitative estimate of drug-likeness (QED) is 0.834. The van der Waals surface area contributed by atoms with E-state index < -0.39 is 5.60 Å². The highest BCUT2D eigenvalue weighted by molar-refractivity contribution is 5.68. The fourth-order valence-electron chi connectivity index (χ4n) is 3.53. The van der Waals surface area contributed by atoms with Crippen LogP contribution in [0, 0.1) is 0 Å². The second-order valence-electron chi connectivity index (χ2n) is 7.47. The molecule has 1 saturated carbocycles. The summed E-state index contributed by atoms with van der Waals surface area (Å²) in [5, 5.41) is 6.77. The number of hydrogen-bond donors (Lipinski definition) is 2. The van der Waals surface area contributed by atoms with Crippen molar-refractivity contribution in [2.24, 2.45) is 0 Å². The highest BCUT2D eigenvalue weighted by Crippen LogP contribution is 2.34. The SMILES string of the molecule is CC(C)(C)OC(=O)NC1(CC2CCCN2)CCCCC1. The van der Waals surface area contributed by atoms with Crippen LogP contribution in [0.5, 0.6) is 0 Å². The molecule has 0 radical (unpaired) electrons. The Morgan fingerprint density at radius 2 is 1.95 bits per heavy atom. The first-order valence-electron chi connectivity index (χ1n) is 8.13. The lowest BCUT2D eigenvalue weighted by atomic mass is 9.77. The summed E-state index contributed by atoms with van der Waals surface area (Å²) < 4.78 is 5.46. The Morgan fingerprint density at radius 3 is 2.50 bits per heavy atom. The third-order valence-corrected chi connectivity index (χ3v) is 4.38. The van der Waals surface area contributed by atoms with Crippen molar-refractivity contribution in [2.75, 3.05) is 6.54 Å². The van der Waals surface area contributed by atoms with Gasteiger partial charge < -0.3 is 15.4 Å². The van der Waals surface area contributed by atoms with Gasteiger partial charge in [-0.3, -0.25) is 0 Å². The van der Waals surface area contributed by atoms with Gasteiger partial charge in [-0.2, -0.15) is 0 Å². The summed E-state index contributed by atoms with van der Waals surface area (Å²) in [6.45, 7) is 6.86. The molecule has 116 valence electrons. The molecular weight excluding hydrogens is 252 g/mol. The largest absolute Gasteiger partial charge is 0.444 e. The van der Waals surface area contributed by atoms with Gasteiger partial charge >= 0.3 is 6.09 Å². The van der Waals surface area contributed by atoms with Crippen LogP contribution in [0.25, 0.3) is 0 Å². The number of carbonyl (C=O) groups is 1. The molecule has 0 aromatic rings. The van der Waals surface area contributed by atoms with E-state index in [1.54, 1.807) is 0 Å². The smallest absolute Gasteiger partial charge is 0.408 e. The fourth-order valence-corrected chi connectivity index (χ4v) is 3.53. The number of hydrogen-bond acceptors (Lipinski definition) is 3. The number of ether oxygens (including phenoxy) is 1. The van der Waals surface area contributed by atoms with Crippen LogP contribution in [-0.2, 0) is 4.74 Å². The van der Waals surface area contributed by atoms with Crippen LogP contribution in [0.2, 0.25) is 0 Å². The lowest BCUT2D eigenvalue weighted by molar-refractivity contribution is 0.0407. The van der Waals surface area contributed by atoms with Gasteiger partial charge in [0.15, 0.2) is 0 Å². The predicted octanol–water partition coefficient (Wildman–Crippen LogP) is 3.36. The van der Waals surface area contributed by atoms with Gasteiger partial charge in [-0.15, -0.1) is 0 Å². The summed E-state index contributed by atoms with van der Waals surface area (Å²) in [6.07, 6.45) is 9.17. The molecule has 0 bridgehead atoms. The van der Waals surface area contributed by atoms with Crippen molar-refractivity contribution in [3.05, 3.63) is 0 Å². The van der Waals surface area contributed by atoms with E-state index in [1.807, 2.05) is 20.8 Å². The van der Waals surface area contributed by atoms with Gasteiger partial charge in [0, 0.05) is 11.6 Å². The summed E-state index contributed by atoms with van der Waals surface area (Å²) in [4.78, 5) is 12.2. The number of nitrogens with one attached hydrogen (secondary N) is 2.